The first kappa shape index (κ1) is 60.8. The molecule has 0 bridgehead atoms. The number of carbonyl (C=O) groups excluding carboxylic acids is 3. The SMILES string of the molecule is COc1ccccc1Oc1c(OCCOC(=O)c2cccc(CON(O)O)c2)nc(-c2ccnc(-c3nnnn3COC(=O)OCCCCON(O)O)c2)nc1N(COC(=O)OCCCCON(O)O)S(=O)(=O)c1ccc(C)cn1. The van der Waals surface area contributed by atoms with Crippen molar-refractivity contribution in [2.75, 3.05) is 57.8 Å². The molecular weight excluding hydrogens is 1090 g/mol. The van der Waals surface area contributed by atoms with E-state index in [1.807, 2.05) is 0 Å². The fourth-order valence-corrected chi connectivity index (χ4v) is 7.64. The van der Waals surface area contributed by atoms with Crippen LogP contribution in [0.5, 0.6) is 23.1 Å². The van der Waals surface area contributed by atoms with Crippen LogP contribution in [0.3, 0.4) is 0 Å². The van der Waals surface area contributed by atoms with Gasteiger partial charge in [0.25, 0.3) is 15.9 Å². The number of carbonyl (C=O) groups is 3. The van der Waals surface area contributed by atoms with Gasteiger partial charge in [-0.1, -0.05) is 30.3 Å². The van der Waals surface area contributed by atoms with Crippen molar-refractivity contribution in [1.82, 2.24) is 56.3 Å². The van der Waals surface area contributed by atoms with Crippen LogP contribution in [0.2, 0.25) is 0 Å². The third-order valence-corrected chi connectivity index (χ3v) is 11.8. The predicted octanol–water partition coefficient (Wildman–Crippen LogP) is 4.45. The maximum absolute atomic E-state index is 15.0. The quantitative estimate of drug-likeness (QED) is 0.0112. The number of pyridine rings is 2. The number of unbranched alkanes of at least 4 members (excludes halogenated alkanes) is 2. The lowest BCUT2D eigenvalue weighted by atomic mass is 10.1. The number of tetrazole rings is 1. The van der Waals surface area contributed by atoms with E-state index in [1.165, 1.54) is 74.1 Å². The van der Waals surface area contributed by atoms with Gasteiger partial charge in [-0.2, -0.15) is 18.1 Å². The van der Waals surface area contributed by atoms with Crippen LogP contribution in [0, 0.1) is 6.92 Å². The highest BCUT2D eigenvalue weighted by molar-refractivity contribution is 7.92. The molecule has 0 atom stereocenters. The molecule has 0 radical (unpaired) electrons. The van der Waals surface area contributed by atoms with Gasteiger partial charge in [0.05, 0.1) is 61.9 Å². The minimum atomic E-state index is -4.97. The fourth-order valence-electron chi connectivity index (χ4n) is 6.44. The summed E-state index contributed by atoms with van der Waals surface area (Å²) in [6.45, 7) is -2.01. The predicted molar refractivity (Wildman–Crippen MR) is 257 cm³/mol. The molecule has 0 spiro atoms. The molecule has 6 N–H and O–H groups in total. The number of benzene rings is 2. The molecule has 0 aliphatic heterocycles. The van der Waals surface area contributed by atoms with Crippen LogP contribution < -0.4 is 18.5 Å². The second-order valence-corrected chi connectivity index (χ2v) is 17.6. The standard InChI is InChI=1S/C45H52N12O22S/c1-30-14-15-37(47-26-30)80(67,68)54(29-75-45(60)73-19-6-8-21-77-56(63)64)41-38(79-36-13-4-3-12-35(36)69-2)42(70-22-23-71-43(58)33-11-9-10-31(24-33)27-78-57(65)66)49-39(48-41)32-16-17-46-34(25-32)40-50-51-52-53(40)28-74-44(59)72-18-5-7-20-76-55(61)62/h3-4,9-17,24-26,61-66H,5-8,18-23,27-29H2,1-2H3. The van der Waals surface area contributed by atoms with Crippen molar-refractivity contribution in [3.05, 3.63) is 102 Å². The van der Waals surface area contributed by atoms with Gasteiger partial charge in [-0.05, 0) is 96.6 Å². The Morgan fingerprint density at radius 3 is 2.05 bits per heavy atom. The van der Waals surface area contributed by atoms with E-state index in [2.05, 4.69) is 50.0 Å². The third kappa shape index (κ3) is 18.6. The highest BCUT2D eigenvalue weighted by atomic mass is 32.2. The summed E-state index contributed by atoms with van der Waals surface area (Å²) < 4.78 is 75.9. The number of rotatable bonds is 32. The van der Waals surface area contributed by atoms with E-state index < -0.39 is 93.6 Å². The zero-order valence-electron chi connectivity index (χ0n) is 42.3. The summed E-state index contributed by atoms with van der Waals surface area (Å²) in [4.78, 5) is 70.2. The lowest BCUT2D eigenvalue weighted by Gasteiger charge is -2.26. The molecule has 4 heterocycles. The molecule has 6 rings (SSSR count). The fraction of sp³-hybridized carbons (Fsp3) is 0.333. The Morgan fingerprint density at radius 2 is 1.38 bits per heavy atom. The zero-order chi connectivity index (χ0) is 57.4. The average molecular weight is 1150 g/mol. The van der Waals surface area contributed by atoms with E-state index in [4.69, 9.17) is 69.1 Å². The first-order valence-electron chi connectivity index (χ1n) is 23.3. The van der Waals surface area contributed by atoms with Crippen LogP contribution in [0.1, 0.15) is 47.2 Å². The Labute approximate surface area is 452 Å². The molecule has 0 saturated carbocycles. The van der Waals surface area contributed by atoms with Crippen LogP contribution in [0.15, 0.2) is 90.2 Å². The van der Waals surface area contributed by atoms with Gasteiger partial charge in [0.1, 0.15) is 18.9 Å². The lowest BCUT2D eigenvalue weighted by Crippen LogP contribution is -2.36. The van der Waals surface area contributed by atoms with E-state index in [0.29, 0.717) is 21.9 Å². The van der Waals surface area contributed by atoms with Crippen molar-refractivity contribution in [3.63, 3.8) is 0 Å². The second kappa shape index (κ2) is 30.6. The molecule has 0 aliphatic rings. The number of esters is 1. The number of para-hydroxylation sites is 2. The number of methoxy groups -OCH3 is 1. The summed E-state index contributed by atoms with van der Waals surface area (Å²) in [5.41, 5.74) is 1.10. The van der Waals surface area contributed by atoms with Crippen LogP contribution in [0.4, 0.5) is 15.4 Å². The van der Waals surface area contributed by atoms with Crippen LogP contribution in [-0.4, -0.2) is 168 Å². The van der Waals surface area contributed by atoms with Gasteiger partial charge in [-0.3, -0.25) is 45.9 Å². The number of aromatic nitrogens is 8. The molecule has 430 valence electrons. The monoisotopic (exact) mass is 1140 g/mol. The average Bonchev–Trinajstić information content (AvgIpc) is 3.93. The maximum atomic E-state index is 15.0. The lowest BCUT2D eigenvalue weighted by molar-refractivity contribution is -0.497. The van der Waals surface area contributed by atoms with Crippen molar-refractivity contribution < 1.29 is 106 Å². The van der Waals surface area contributed by atoms with E-state index >= 15 is 0 Å². The van der Waals surface area contributed by atoms with Crippen LogP contribution >= 0.6 is 0 Å². The Hall–Kier alpha value is -8.43. The van der Waals surface area contributed by atoms with Crippen molar-refractivity contribution in [1.29, 1.82) is 0 Å². The van der Waals surface area contributed by atoms with Gasteiger partial charge in [-0.25, -0.2) is 33.5 Å². The molecule has 0 saturated heterocycles. The van der Waals surface area contributed by atoms with Crippen molar-refractivity contribution >= 4 is 34.1 Å². The van der Waals surface area contributed by atoms with Gasteiger partial charge in [0, 0.05) is 18.0 Å². The van der Waals surface area contributed by atoms with E-state index in [9.17, 15) is 22.8 Å². The molecule has 34 nitrogen and oxygen atoms in total. The van der Waals surface area contributed by atoms with Crippen LogP contribution in [-0.2, 0) is 61.6 Å². The van der Waals surface area contributed by atoms with Gasteiger partial charge in [-0.15, -0.1) is 5.10 Å². The van der Waals surface area contributed by atoms with E-state index in [1.54, 1.807) is 25.1 Å². The summed E-state index contributed by atoms with van der Waals surface area (Å²) in [6.07, 6.45) is 1.02. The number of aryl methyl sites for hydroxylation is 1. The van der Waals surface area contributed by atoms with Gasteiger partial charge in [0.2, 0.25) is 11.6 Å². The summed E-state index contributed by atoms with van der Waals surface area (Å²) in [5, 5.41) is 62.4. The van der Waals surface area contributed by atoms with E-state index in [-0.39, 0.29) is 92.3 Å². The minimum absolute atomic E-state index is 0.0249. The third-order valence-electron chi connectivity index (χ3n) is 10.2. The Bertz CT molecular complexity index is 3070. The first-order chi connectivity index (χ1) is 38.5. The summed E-state index contributed by atoms with van der Waals surface area (Å²) in [5.74, 6) is -2.80. The van der Waals surface area contributed by atoms with E-state index in [0.717, 1.165) is 4.68 Å². The molecule has 0 aliphatic carbocycles. The van der Waals surface area contributed by atoms with Crippen molar-refractivity contribution in [3.8, 4) is 46.0 Å². The molecule has 4 aromatic heterocycles. The number of nitrogens with zero attached hydrogens (tertiary/aromatic N) is 12. The Morgan fingerprint density at radius 1 is 0.688 bits per heavy atom. The molecule has 0 amide bonds. The molecular formula is C45H52N12O22S. The van der Waals surface area contributed by atoms with Gasteiger partial charge in [0.15, 0.2) is 41.6 Å². The molecule has 0 unspecified atom stereocenters. The van der Waals surface area contributed by atoms with Gasteiger partial charge < -0.3 is 37.9 Å². The van der Waals surface area contributed by atoms with Crippen LogP contribution in [0.25, 0.3) is 22.9 Å². The minimum Gasteiger partial charge on any atom is -0.493 e. The summed E-state index contributed by atoms with van der Waals surface area (Å²) in [6, 6.07) is 17.5. The van der Waals surface area contributed by atoms with Crippen molar-refractivity contribution in [2.24, 2.45) is 0 Å². The molecule has 80 heavy (non-hydrogen) atoms. The number of hydrogen-bond donors (Lipinski definition) is 6. The highest BCUT2D eigenvalue weighted by Crippen LogP contribution is 2.44. The number of anilines is 1. The molecule has 0 fully saturated rings. The Kier molecular flexibility index (Phi) is 23.3. The molecule has 6 aromatic rings. The number of ether oxygens (including phenoxy) is 8. The smallest absolute Gasteiger partial charge is 0.493 e. The molecule has 35 heteroatoms. The normalized spacial score (nSPS) is 11.4. The number of sulfonamides is 1. The Balaban J connectivity index is 1.40. The van der Waals surface area contributed by atoms with Crippen molar-refractivity contribution in [2.45, 2.75) is 51.0 Å². The van der Waals surface area contributed by atoms with Gasteiger partial charge >= 0.3 is 18.3 Å². The molecule has 2 aromatic carbocycles. The highest BCUT2D eigenvalue weighted by Gasteiger charge is 2.35. The largest absolute Gasteiger partial charge is 0.510 e. The second-order valence-electron chi connectivity index (χ2n) is 15.8. The maximum Gasteiger partial charge on any atom is 0.510 e. The first-order valence-corrected chi connectivity index (χ1v) is 24.8. The summed E-state index contributed by atoms with van der Waals surface area (Å²) >= 11 is 0. The summed E-state index contributed by atoms with van der Waals surface area (Å²) in [7, 11) is -3.63. The zero-order valence-corrected chi connectivity index (χ0v) is 43.1. The topological polar surface area (TPSA) is 416 Å². The number of hydrogen-bond acceptors (Lipinski definition) is 32.